The number of carbonyl (C=O) groups excluding carboxylic acids is 1. The van der Waals surface area contributed by atoms with Crippen LogP contribution in [-0.2, 0) is 4.79 Å². The molecule has 3 atom stereocenters. The molecule has 3 nitrogen and oxygen atoms in total. The van der Waals surface area contributed by atoms with Gasteiger partial charge in [-0.3, -0.25) is 4.79 Å². The zero-order valence-corrected chi connectivity index (χ0v) is 13.2. The summed E-state index contributed by atoms with van der Waals surface area (Å²) in [6, 6.07) is 7.68. The Morgan fingerprint density at radius 1 is 1.30 bits per heavy atom. The SMILES string of the molecule is O=C(CNCC1CC2CCC1C2)Nc1cccc(Br)c1. The van der Waals surface area contributed by atoms with Gasteiger partial charge in [-0.1, -0.05) is 28.4 Å². The number of halogens is 1. The van der Waals surface area contributed by atoms with Crippen molar-refractivity contribution in [1.29, 1.82) is 0 Å². The summed E-state index contributed by atoms with van der Waals surface area (Å²) in [6.07, 6.45) is 5.63. The number of fused-ring (bicyclic) bond motifs is 2. The Bertz CT molecular complexity index is 491. The normalized spacial score (nSPS) is 27.8. The minimum absolute atomic E-state index is 0.0336. The van der Waals surface area contributed by atoms with Crippen molar-refractivity contribution in [3.63, 3.8) is 0 Å². The van der Waals surface area contributed by atoms with Crippen molar-refractivity contribution in [2.45, 2.75) is 25.7 Å². The van der Waals surface area contributed by atoms with Gasteiger partial charge in [0.2, 0.25) is 5.91 Å². The second-order valence-corrected chi connectivity index (χ2v) is 7.04. The molecule has 3 unspecified atom stereocenters. The Morgan fingerprint density at radius 2 is 2.20 bits per heavy atom. The predicted octanol–water partition coefficient (Wildman–Crippen LogP) is 3.41. The summed E-state index contributed by atoms with van der Waals surface area (Å²) < 4.78 is 0.977. The zero-order valence-electron chi connectivity index (χ0n) is 11.6. The van der Waals surface area contributed by atoms with E-state index < -0.39 is 0 Å². The number of nitrogens with one attached hydrogen (secondary N) is 2. The second kappa shape index (κ2) is 6.27. The molecule has 4 heteroatoms. The first-order valence-electron chi connectivity index (χ1n) is 7.47. The van der Waals surface area contributed by atoms with Gasteiger partial charge in [0.15, 0.2) is 0 Å². The molecule has 108 valence electrons. The topological polar surface area (TPSA) is 41.1 Å². The maximum Gasteiger partial charge on any atom is 0.238 e. The third-order valence-corrected chi connectivity index (χ3v) is 5.18. The van der Waals surface area contributed by atoms with Gasteiger partial charge < -0.3 is 10.6 Å². The summed E-state index contributed by atoms with van der Waals surface area (Å²) in [5.41, 5.74) is 0.839. The van der Waals surface area contributed by atoms with Crippen molar-refractivity contribution >= 4 is 27.5 Å². The third kappa shape index (κ3) is 3.41. The number of anilines is 1. The highest BCUT2D eigenvalue weighted by molar-refractivity contribution is 9.10. The van der Waals surface area contributed by atoms with E-state index in [1.54, 1.807) is 0 Å². The van der Waals surface area contributed by atoms with Gasteiger partial charge in [-0.05, 0) is 61.8 Å². The number of carbonyl (C=O) groups is 1. The summed E-state index contributed by atoms with van der Waals surface area (Å²) in [6.45, 7) is 1.40. The highest BCUT2D eigenvalue weighted by Gasteiger charge is 2.38. The van der Waals surface area contributed by atoms with E-state index in [-0.39, 0.29) is 5.91 Å². The molecule has 1 amide bonds. The van der Waals surface area contributed by atoms with E-state index in [9.17, 15) is 4.79 Å². The predicted molar refractivity (Wildman–Crippen MR) is 84.6 cm³/mol. The smallest absolute Gasteiger partial charge is 0.238 e. The lowest BCUT2D eigenvalue weighted by atomic mass is 9.89. The van der Waals surface area contributed by atoms with Crippen LogP contribution in [0.4, 0.5) is 5.69 Å². The summed E-state index contributed by atoms with van der Waals surface area (Å²) in [7, 11) is 0. The molecule has 2 aliphatic carbocycles. The Labute approximate surface area is 128 Å². The van der Waals surface area contributed by atoms with Gasteiger partial charge in [-0.25, -0.2) is 0 Å². The van der Waals surface area contributed by atoms with Crippen LogP contribution in [0.15, 0.2) is 28.7 Å². The van der Waals surface area contributed by atoms with Crippen LogP contribution in [0.1, 0.15) is 25.7 Å². The van der Waals surface area contributed by atoms with Crippen molar-refractivity contribution in [3.05, 3.63) is 28.7 Å². The Hall–Kier alpha value is -0.870. The van der Waals surface area contributed by atoms with Crippen LogP contribution in [0.25, 0.3) is 0 Å². The highest BCUT2D eigenvalue weighted by Crippen LogP contribution is 2.47. The third-order valence-electron chi connectivity index (χ3n) is 4.68. The van der Waals surface area contributed by atoms with E-state index in [0.29, 0.717) is 6.54 Å². The molecule has 2 aliphatic rings. The average molecular weight is 337 g/mol. The first-order valence-corrected chi connectivity index (χ1v) is 8.26. The second-order valence-electron chi connectivity index (χ2n) is 6.12. The molecule has 0 saturated heterocycles. The van der Waals surface area contributed by atoms with Crippen molar-refractivity contribution in [2.75, 3.05) is 18.4 Å². The van der Waals surface area contributed by atoms with Crippen LogP contribution in [0, 0.1) is 17.8 Å². The fourth-order valence-corrected chi connectivity index (χ4v) is 4.17. The van der Waals surface area contributed by atoms with Crippen LogP contribution >= 0.6 is 15.9 Å². The molecule has 1 aromatic rings. The molecule has 0 aromatic heterocycles. The van der Waals surface area contributed by atoms with E-state index in [4.69, 9.17) is 0 Å². The van der Waals surface area contributed by atoms with E-state index in [1.807, 2.05) is 24.3 Å². The van der Waals surface area contributed by atoms with E-state index in [1.165, 1.54) is 25.7 Å². The monoisotopic (exact) mass is 336 g/mol. The van der Waals surface area contributed by atoms with Gasteiger partial charge >= 0.3 is 0 Å². The van der Waals surface area contributed by atoms with Crippen LogP contribution in [-0.4, -0.2) is 19.0 Å². The van der Waals surface area contributed by atoms with Crippen molar-refractivity contribution < 1.29 is 4.79 Å². The Kier molecular flexibility index (Phi) is 4.41. The molecule has 0 heterocycles. The first kappa shape index (κ1) is 14.1. The Morgan fingerprint density at radius 3 is 2.90 bits per heavy atom. The lowest BCUT2D eigenvalue weighted by Crippen LogP contribution is -2.33. The molecule has 2 N–H and O–H groups in total. The minimum atomic E-state index is 0.0336. The van der Waals surface area contributed by atoms with Crippen LogP contribution in [0.5, 0.6) is 0 Å². The minimum Gasteiger partial charge on any atom is -0.325 e. The fraction of sp³-hybridized carbons (Fsp3) is 0.562. The largest absolute Gasteiger partial charge is 0.325 e. The zero-order chi connectivity index (χ0) is 13.9. The van der Waals surface area contributed by atoms with E-state index in [0.717, 1.165) is 34.5 Å². The number of amides is 1. The maximum atomic E-state index is 11.9. The standard InChI is InChI=1S/C16H21BrN2O/c17-14-2-1-3-15(8-14)19-16(20)10-18-9-13-7-11-4-5-12(13)6-11/h1-3,8,11-13,18H,4-7,9-10H2,(H,19,20). The lowest BCUT2D eigenvalue weighted by molar-refractivity contribution is -0.115. The number of hydrogen-bond donors (Lipinski definition) is 2. The Balaban J connectivity index is 1.39. The fourth-order valence-electron chi connectivity index (χ4n) is 3.77. The number of hydrogen-bond acceptors (Lipinski definition) is 2. The van der Waals surface area contributed by atoms with E-state index in [2.05, 4.69) is 26.6 Å². The highest BCUT2D eigenvalue weighted by atomic mass is 79.9. The van der Waals surface area contributed by atoms with Gasteiger partial charge in [0.05, 0.1) is 6.54 Å². The molecule has 0 aliphatic heterocycles. The molecule has 2 saturated carbocycles. The van der Waals surface area contributed by atoms with Crippen molar-refractivity contribution in [3.8, 4) is 0 Å². The number of rotatable bonds is 5. The molecule has 2 bridgehead atoms. The van der Waals surface area contributed by atoms with Crippen LogP contribution in [0.3, 0.4) is 0 Å². The molecule has 1 aromatic carbocycles. The summed E-state index contributed by atoms with van der Waals surface area (Å²) in [4.78, 5) is 11.9. The van der Waals surface area contributed by atoms with Gasteiger partial charge in [-0.2, -0.15) is 0 Å². The van der Waals surface area contributed by atoms with Crippen LogP contribution < -0.4 is 10.6 Å². The summed E-state index contributed by atoms with van der Waals surface area (Å²) >= 11 is 3.40. The molecular formula is C16H21BrN2O. The molecule has 2 fully saturated rings. The molecule has 0 radical (unpaired) electrons. The van der Waals surface area contributed by atoms with Gasteiger partial charge in [0.25, 0.3) is 0 Å². The van der Waals surface area contributed by atoms with Gasteiger partial charge in [0.1, 0.15) is 0 Å². The summed E-state index contributed by atoms with van der Waals surface area (Å²) in [5, 5.41) is 6.23. The lowest BCUT2D eigenvalue weighted by Gasteiger charge is -2.21. The summed E-state index contributed by atoms with van der Waals surface area (Å²) in [5.74, 6) is 2.72. The maximum absolute atomic E-state index is 11.9. The average Bonchev–Trinajstić information content (AvgIpc) is 3.01. The molecule has 0 spiro atoms. The number of benzene rings is 1. The molecular weight excluding hydrogens is 316 g/mol. The first-order chi connectivity index (χ1) is 9.70. The van der Waals surface area contributed by atoms with Gasteiger partial charge in [-0.15, -0.1) is 0 Å². The molecule has 3 rings (SSSR count). The van der Waals surface area contributed by atoms with Gasteiger partial charge in [0, 0.05) is 10.2 Å². The quantitative estimate of drug-likeness (QED) is 0.864. The molecule has 20 heavy (non-hydrogen) atoms. The van der Waals surface area contributed by atoms with Crippen LogP contribution in [0.2, 0.25) is 0 Å². The van der Waals surface area contributed by atoms with E-state index >= 15 is 0 Å². The van der Waals surface area contributed by atoms with Crippen molar-refractivity contribution in [1.82, 2.24) is 5.32 Å². The van der Waals surface area contributed by atoms with Crippen molar-refractivity contribution in [2.24, 2.45) is 17.8 Å².